The maximum absolute atomic E-state index is 12.4. The smallest absolute Gasteiger partial charge is 0.312 e. The Kier molecular flexibility index (Phi) is 3.52. The quantitative estimate of drug-likeness (QED) is 0.597. The minimum atomic E-state index is -6.21. The summed E-state index contributed by atoms with van der Waals surface area (Å²) < 4.78 is 80.7. The predicted molar refractivity (Wildman–Crippen MR) is 37.7 cm³/mol. The molecule has 14 heavy (non-hydrogen) atoms. The maximum atomic E-state index is 12.4. The molecule has 86 valence electrons. The van der Waals surface area contributed by atoms with Gasteiger partial charge in [-0.1, -0.05) is 0 Å². The van der Waals surface area contributed by atoms with Crippen molar-refractivity contribution < 1.29 is 35.3 Å². The lowest BCUT2D eigenvalue weighted by Gasteiger charge is -2.24. The molecule has 0 saturated heterocycles. The summed E-state index contributed by atoms with van der Waals surface area (Å²) in [6.07, 6.45) is -6.59. The lowest BCUT2D eigenvalue weighted by molar-refractivity contribution is -0.330. The third-order valence-corrected chi connectivity index (χ3v) is 1.93. The first-order valence-corrected chi connectivity index (χ1v) is 4.76. The SMILES string of the molecule is CC(C)OC(F)(F)C(F)(F)S(=O)(=O)O. The Morgan fingerprint density at radius 3 is 1.79 bits per heavy atom. The number of hydrogen-bond donors (Lipinski definition) is 1. The van der Waals surface area contributed by atoms with E-state index in [0.717, 1.165) is 13.8 Å². The fourth-order valence-corrected chi connectivity index (χ4v) is 0.863. The molecule has 4 nitrogen and oxygen atoms in total. The fourth-order valence-electron chi connectivity index (χ4n) is 0.515. The van der Waals surface area contributed by atoms with Crippen LogP contribution in [0.2, 0.25) is 0 Å². The van der Waals surface area contributed by atoms with Crippen LogP contribution in [0.15, 0.2) is 0 Å². The van der Waals surface area contributed by atoms with Crippen molar-refractivity contribution >= 4 is 10.1 Å². The Balaban J connectivity index is 5.08. The zero-order chi connectivity index (χ0) is 11.8. The molecule has 0 radical (unpaired) electrons. The lowest BCUT2D eigenvalue weighted by atomic mass is 10.5. The lowest BCUT2D eigenvalue weighted by Crippen LogP contribution is -2.49. The first-order valence-electron chi connectivity index (χ1n) is 3.32. The van der Waals surface area contributed by atoms with E-state index in [1.54, 1.807) is 0 Å². The predicted octanol–water partition coefficient (Wildman–Crippen LogP) is 1.48. The number of rotatable bonds is 4. The second-order valence-corrected chi connectivity index (χ2v) is 4.14. The van der Waals surface area contributed by atoms with Gasteiger partial charge in [-0.25, -0.2) is 0 Å². The molecular weight excluding hydrogens is 232 g/mol. The minimum absolute atomic E-state index is 1.01. The van der Waals surface area contributed by atoms with E-state index in [9.17, 15) is 26.0 Å². The molecule has 0 aliphatic rings. The molecule has 0 aromatic carbocycles. The van der Waals surface area contributed by atoms with Gasteiger partial charge in [0, 0.05) is 0 Å². The summed E-state index contributed by atoms with van der Waals surface area (Å²) in [5, 5.41) is -5.66. The number of alkyl halides is 4. The van der Waals surface area contributed by atoms with Crippen molar-refractivity contribution in [3.05, 3.63) is 0 Å². The van der Waals surface area contributed by atoms with Crippen molar-refractivity contribution in [3.8, 4) is 0 Å². The van der Waals surface area contributed by atoms with Crippen molar-refractivity contribution in [1.29, 1.82) is 0 Å². The number of halogens is 4. The molecular formula is C5H8F4O4S. The largest absolute Gasteiger partial charge is 0.459 e. The maximum Gasteiger partial charge on any atom is 0.459 e. The van der Waals surface area contributed by atoms with Crippen LogP contribution in [-0.2, 0) is 14.9 Å². The molecule has 0 aromatic heterocycles. The van der Waals surface area contributed by atoms with Crippen LogP contribution in [0.5, 0.6) is 0 Å². The summed E-state index contributed by atoms with van der Waals surface area (Å²) in [5.74, 6) is 0. The topological polar surface area (TPSA) is 63.6 Å². The van der Waals surface area contributed by atoms with E-state index in [4.69, 9.17) is 4.55 Å². The Morgan fingerprint density at radius 1 is 1.21 bits per heavy atom. The van der Waals surface area contributed by atoms with Gasteiger partial charge >= 0.3 is 21.5 Å². The summed E-state index contributed by atoms with van der Waals surface area (Å²) in [6, 6.07) is 0. The van der Waals surface area contributed by atoms with Crippen LogP contribution < -0.4 is 0 Å². The first kappa shape index (κ1) is 13.6. The van der Waals surface area contributed by atoms with E-state index < -0.39 is 27.6 Å². The summed E-state index contributed by atoms with van der Waals surface area (Å²) in [5.41, 5.74) is 0. The van der Waals surface area contributed by atoms with Crippen molar-refractivity contribution in [2.24, 2.45) is 0 Å². The van der Waals surface area contributed by atoms with Gasteiger partial charge in [0.1, 0.15) is 0 Å². The standard InChI is InChI=1S/C5H8F4O4S/c1-3(2)13-4(6,7)5(8,9)14(10,11)12/h3H,1-2H3,(H,10,11,12). The van der Waals surface area contributed by atoms with Gasteiger partial charge in [0.25, 0.3) is 0 Å². The molecule has 0 aliphatic heterocycles. The van der Waals surface area contributed by atoms with Gasteiger partial charge in [-0.15, -0.1) is 0 Å². The number of ether oxygens (including phenoxy) is 1. The van der Waals surface area contributed by atoms with Gasteiger partial charge in [0.15, 0.2) is 0 Å². The van der Waals surface area contributed by atoms with E-state index in [2.05, 4.69) is 4.74 Å². The zero-order valence-corrected chi connectivity index (χ0v) is 7.99. The third kappa shape index (κ3) is 2.55. The van der Waals surface area contributed by atoms with Crippen LogP contribution in [0, 0.1) is 0 Å². The fraction of sp³-hybridized carbons (Fsp3) is 1.00. The molecule has 1 N–H and O–H groups in total. The Hall–Kier alpha value is -0.410. The molecule has 0 amide bonds. The highest BCUT2D eigenvalue weighted by molar-refractivity contribution is 7.86. The summed E-state index contributed by atoms with van der Waals surface area (Å²) in [7, 11) is -6.21. The van der Waals surface area contributed by atoms with Crippen LogP contribution in [0.4, 0.5) is 17.6 Å². The first-order chi connectivity index (χ1) is 5.92. The van der Waals surface area contributed by atoms with E-state index in [-0.39, 0.29) is 0 Å². The molecule has 0 bridgehead atoms. The number of hydrogen-bond acceptors (Lipinski definition) is 3. The van der Waals surface area contributed by atoms with Crippen LogP contribution in [-0.4, -0.2) is 30.4 Å². The van der Waals surface area contributed by atoms with Gasteiger partial charge in [0.05, 0.1) is 6.10 Å². The Labute approximate surface area is 77.6 Å². The zero-order valence-electron chi connectivity index (χ0n) is 7.17. The van der Waals surface area contributed by atoms with E-state index in [1.165, 1.54) is 0 Å². The molecule has 9 heteroatoms. The molecule has 0 saturated carbocycles. The van der Waals surface area contributed by atoms with Crippen molar-refractivity contribution in [2.45, 2.75) is 31.3 Å². The molecule has 0 fully saturated rings. The summed E-state index contributed by atoms with van der Waals surface area (Å²) in [6.45, 7) is 2.02. The average molecular weight is 240 g/mol. The van der Waals surface area contributed by atoms with Crippen molar-refractivity contribution in [1.82, 2.24) is 0 Å². The van der Waals surface area contributed by atoms with E-state index >= 15 is 0 Å². The second-order valence-electron chi connectivity index (χ2n) is 2.68. The normalized spacial score (nSPS) is 14.9. The van der Waals surface area contributed by atoms with Gasteiger partial charge in [-0.05, 0) is 13.8 Å². The molecule has 0 unspecified atom stereocenters. The van der Waals surface area contributed by atoms with Crippen molar-refractivity contribution in [3.63, 3.8) is 0 Å². The molecule has 0 aliphatic carbocycles. The molecule has 0 rings (SSSR count). The van der Waals surface area contributed by atoms with E-state index in [1.807, 2.05) is 0 Å². The van der Waals surface area contributed by atoms with Crippen molar-refractivity contribution in [2.75, 3.05) is 0 Å². The van der Waals surface area contributed by atoms with Gasteiger partial charge in [-0.3, -0.25) is 4.55 Å². The Morgan fingerprint density at radius 2 is 1.57 bits per heavy atom. The monoisotopic (exact) mass is 240 g/mol. The Bertz CT molecular complexity index is 297. The minimum Gasteiger partial charge on any atom is -0.312 e. The van der Waals surface area contributed by atoms with Crippen LogP contribution in [0.1, 0.15) is 13.8 Å². The molecule has 0 heterocycles. The van der Waals surface area contributed by atoms with Gasteiger partial charge in [-0.2, -0.15) is 26.0 Å². The van der Waals surface area contributed by atoms with Crippen LogP contribution in [0.25, 0.3) is 0 Å². The molecule has 0 spiro atoms. The summed E-state index contributed by atoms with van der Waals surface area (Å²) >= 11 is 0. The van der Waals surface area contributed by atoms with Crippen LogP contribution in [0.3, 0.4) is 0 Å². The highest BCUT2D eigenvalue weighted by Crippen LogP contribution is 2.39. The average Bonchev–Trinajstić information content (AvgIpc) is 1.80. The highest BCUT2D eigenvalue weighted by atomic mass is 32.2. The third-order valence-electron chi connectivity index (χ3n) is 1.05. The van der Waals surface area contributed by atoms with Gasteiger partial charge < -0.3 is 4.74 Å². The van der Waals surface area contributed by atoms with E-state index in [0.29, 0.717) is 0 Å². The summed E-state index contributed by atoms with van der Waals surface area (Å²) in [4.78, 5) is 0. The molecule has 0 atom stereocenters. The second kappa shape index (κ2) is 3.63. The van der Waals surface area contributed by atoms with Crippen LogP contribution >= 0.6 is 0 Å². The van der Waals surface area contributed by atoms with Gasteiger partial charge in [0.2, 0.25) is 0 Å². The molecule has 0 aromatic rings. The highest BCUT2D eigenvalue weighted by Gasteiger charge is 2.67.